The lowest BCUT2D eigenvalue weighted by molar-refractivity contribution is -0.127. The Morgan fingerprint density at radius 2 is 2.08 bits per heavy atom. The van der Waals surface area contributed by atoms with Gasteiger partial charge in [0.2, 0.25) is 0 Å². The highest BCUT2D eigenvalue weighted by Crippen LogP contribution is 2.34. The highest BCUT2D eigenvalue weighted by molar-refractivity contribution is 5.95. The molecular weight excluding hydrogens is 312 g/mol. The van der Waals surface area contributed by atoms with E-state index in [2.05, 4.69) is 0 Å². The molecule has 1 atom stereocenters. The number of hydrogen-bond donors (Lipinski definition) is 2. The van der Waals surface area contributed by atoms with Crippen LogP contribution >= 0.6 is 0 Å². The maximum absolute atomic E-state index is 12.6. The first-order chi connectivity index (χ1) is 11.6. The summed E-state index contributed by atoms with van der Waals surface area (Å²) in [5, 5.41) is 8.73. The molecule has 7 nitrogen and oxygen atoms in total. The van der Waals surface area contributed by atoms with E-state index in [9.17, 15) is 9.59 Å². The molecule has 7 heteroatoms. The number of benzene rings is 1. The molecule has 130 valence electrons. The summed E-state index contributed by atoms with van der Waals surface area (Å²) >= 11 is 0. The van der Waals surface area contributed by atoms with Crippen molar-refractivity contribution in [1.29, 1.82) is 0 Å². The lowest BCUT2D eigenvalue weighted by Gasteiger charge is -2.34. The van der Waals surface area contributed by atoms with Crippen LogP contribution in [0.4, 0.5) is 5.69 Å². The fraction of sp³-hybridized carbons (Fsp3) is 0.529. The van der Waals surface area contributed by atoms with Crippen molar-refractivity contribution in [3.05, 3.63) is 23.8 Å². The maximum Gasteiger partial charge on any atom is 0.274 e. The van der Waals surface area contributed by atoms with Crippen molar-refractivity contribution in [1.82, 2.24) is 5.48 Å². The Labute approximate surface area is 140 Å². The number of fused-ring (bicyclic) bond motifs is 1. The second kappa shape index (κ2) is 7.19. The van der Waals surface area contributed by atoms with Gasteiger partial charge in [-0.1, -0.05) is 0 Å². The molecule has 24 heavy (non-hydrogen) atoms. The number of hydroxylamine groups is 1. The van der Waals surface area contributed by atoms with Crippen LogP contribution < -0.4 is 15.1 Å². The molecule has 1 saturated heterocycles. The Morgan fingerprint density at radius 1 is 1.33 bits per heavy atom. The molecule has 0 aliphatic carbocycles. The predicted molar refractivity (Wildman–Crippen MR) is 86.5 cm³/mol. The summed E-state index contributed by atoms with van der Waals surface area (Å²) in [6, 6.07) is 4.86. The third-order valence-corrected chi connectivity index (χ3v) is 4.63. The lowest BCUT2D eigenvalue weighted by Crippen LogP contribution is -2.43. The average Bonchev–Trinajstić information content (AvgIpc) is 2.61. The standard InChI is InChI=1S/C17H22N2O5/c1-19-10-16(14(20)8-11-4-6-23-7-5-11)24-15-3-2-12(9-13(15)19)17(21)18-22/h2-3,9,11,16,22H,4-8,10H2,1H3,(H,18,21). The van der Waals surface area contributed by atoms with Crippen LogP contribution in [0, 0.1) is 5.92 Å². The SMILES string of the molecule is CN1CC(C(=O)CC2CCOCC2)Oc2ccc(C(=O)NO)cc21. The van der Waals surface area contributed by atoms with Crippen LogP contribution in [0.5, 0.6) is 5.75 Å². The Kier molecular flexibility index (Phi) is 5.01. The number of carbonyl (C=O) groups is 2. The summed E-state index contributed by atoms with van der Waals surface area (Å²) in [6.07, 6.45) is 1.86. The van der Waals surface area contributed by atoms with Gasteiger partial charge in [-0.25, -0.2) is 5.48 Å². The van der Waals surface area contributed by atoms with Crippen molar-refractivity contribution in [3.8, 4) is 5.75 Å². The van der Waals surface area contributed by atoms with Gasteiger partial charge in [-0.3, -0.25) is 14.8 Å². The van der Waals surface area contributed by atoms with Crippen molar-refractivity contribution in [2.45, 2.75) is 25.4 Å². The van der Waals surface area contributed by atoms with E-state index in [4.69, 9.17) is 14.7 Å². The highest BCUT2D eigenvalue weighted by Gasteiger charge is 2.31. The van der Waals surface area contributed by atoms with Crippen LogP contribution in [0.1, 0.15) is 29.6 Å². The van der Waals surface area contributed by atoms with Gasteiger partial charge in [0, 0.05) is 32.2 Å². The molecule has 0 saturated carbocycles. The fourth-order valence-electron chi connectivity index (χ4n) is 3.19. The molecule has 0 radical (unpaired) electrons. The van der Waals surface area contributed by atoms with Gasteiger partial charge < -0.3 is 14.4 Å². The minimum absolute atomic E-state index is 0.108. The largest absolute Gasteiger partial charge is 0.479 e. The molecule has 2 aliphatic rings. The molecule has 2 aliphatic heterocycles. The number of ether oxygens (including phenoxy) is 2. The molecule has 0 aromatic heterocycles. The number of rotatable bonds is 4. The predicted octanol–water partition coefficient (Wildman–Crippen LogP) is 1.39. The monoisotopic (exact) mass is 334 g/mol. The van der Waals surface area contributed by atoms with Crippen molar-refractivity contribution >= 4 is 17.4 Å². The topological polar surface area (TPSA) is 88.1 Å². The van der Waals surface area contributed by atoms with Crippen LogP contribution in [0.3, 0.4) is 0 Å². The Hall–Kier alpha value is -2.12. The zero-order valence-electron chi connectivity index (χ0n) is 13.7. The molecule has 1 unspecified atom stereocenters. The van der Waals surface area contributed by atoms with Gasteiger partial charge in [-0.2, -0.15) is 0 Å². The van der Waals surface area contributed by atoms with Gasteiger partial charge >= 0.3 is 0 Å². The molecule has 1 amide bonds. The maximum atomic E-state index is 12.6. The van der Waals surface area contributed by atoms with Crippen LogP contribution in [0.2, 0.25) is 0 Å². The molecule has 0 spiro atoms. The molecule has 2 N–H and O–H groups in total. The Bertz CT molecular complexity index is 627. The number of nitrogens with one attached hydrogen (secondary N) is 1. The summed E-state index contributed by atoms with van der Waals surface area (Å²) in [5.74, 6) is 0.473. The molecule has 1 fully saturated rings. The quantitative estimate of drug-likeness (QED) is 0.639. The van der Waals surface area contributed by atoms with Gasteiger partial charge in [0.1, 0.15) is 5.75 Å². The van der Waals surface area contributed by atoms with Gasteiger partial charge in [0.15, 0.2) is 11.9 Å². The van der Waals surface area contributed by atoms with Crippen molar-refractivity contribution in [3.63, 3.8) is 0 Å². The second-order valence-corrected chi connectivity index (χ2v) is 6.34. The highest BCUT2D eigenvalue weighted by atomic mass is 16.5. The van der Waals surface area contributed by atoms with E-state index in [-0.39, 0.29) is 5.78 Å². The number of nitrogens with zero attached hydrogens (tertiary/aromatic N) is 1. The van der Waals surface area contributed by atoms with Crippen molar-refractivity contribution < 1.29 is 24.3 Å². The molecular formula is C17H22N2O5. The van der Waals surface area contributed by atoms with Gasteiger partial charge in [-0.05, 0) is 37.0 Å². The first kappa shape index (κ1) is 16.7. The van der Waals surface area contributed by atoms with Crippen LogP contribution in [-0.2, 0) is 9.53 Å². The molecule has 1 aromatic rings. The summed E-state index contributed by atoms with van der Waals surface area (Å²) in [6.45, 7) is 1.89. The third-order valence-electron chi connectivity index (χ3n) is 4.63. The lowest BCUT2D eigenvalue weighted by atomic mass is 9.92. The molecule has 2 heterocycles. The first-order valence-electron chi connectivity index (χ1n) is 8.15. The minimum Gasteiger partial charge on any atom is -0.479 e. The first-order valence-corrected chi connectivity index (χ1v) is 8.15. The summed E-state index contributed by atoms with van der Waals surface area (Å²) in [7, 11) is 1.86. The minimum atomic E-state index is -0.580. The molecule has 3 rings (SSSR count). The van der Waals surface area contributed by atoms with E-state index in [0.29, 0.717) is 30.2 Å². The van der Waals surface area contributed by atoms with E-state index >= 15 is 0 Å². The number of anilines is 1. The van der Waals surface area contributed by atoms with Crippen molar-refractivity contribution in [2.24, 2.45) is 5.92 Å². The van der Waals surface area contributed by atoms with Gasteiger partial charge in [0.25, 0.3) is 5.91 Å². The number of Topliss-reactive ketones (excluding diaryl/α,β-unsaturated/α-hetero) is 1. The van der Waals surface area contributed by atoms with Crippen molar-refractivity contribution in [2.75, 3.05) is 31.7 Å². The van der Waals surface area contributed by atoms with Crippen LogP contribution in [0.25, 0.3) is 0 Å². The normalized spacial score (nSPS) is 20.9. The number of likely N-dealkylation sites (N-methyl/N-ethyl adjacent to an activating group) is 1. The van der Waals surface area contributed by atoms with E-state index in [1.54, 1.807) is 23.7 Å². The van der Waals surface area contributed by atoms with E-state index in [0.717, 1.165) is 31.7 Å². The average molecular weight is 334 g/mol. The summed E-state index contributed by atoms with van der Waals surface area (Å²) < 4.78 is 11.2. The third kappa shape index (κ3) is 3.52. The number of hydrogen-bond acceptors (Lipinski definition) is 6. The van der Waals surface area contributed by atoms with Gasteiger partial charge in [-0.15, -0.1) is 0 Å². The smallest absolute Gasteiger partial charge is 0.274 e. The van der Waals surface area contributed by atoms with E-state index in [1.165, 1.54) is 0 Å². The Balaban J connectivity index is 1.69. The van der Waals surface area contributed by atoms with E-state index in [1.807, 2.05) is 11.9 Å². The second-order valence-electron chi connectivity index (χ2n) is 6.34. The fourth-order valence-corrected chi connectivity index (χ4v) is 3.19. The summed E-state index contributed by atoms with van der Waals surface area (Å²) in [4.78, 5) is 26.0. The molecule has 0 bridgehead atoms. The van der Waals surface area contributed by atoms with Crippen LogP contribution in [-0.4, -0.2) is 49.8 Å². The number of amides is 1. The van der Waals surface area contributed by atoms with E-state index < -0.39 is 12.0 Å². The van der Waals surface area contributed by atoms with Crippen LogP contribution in [0.15, 0.2) is 18.2 Å². The number of ketones is 1. The number of carbonyl (C=O) groups excluding carboxylic acids is 2. The molecule has 1 aromatic carbocycles. The summed E-state index contributed by atoms with van der Waals surface area (Å²) in [5.41, 5.74) is 2.67. The zero-order chi connectivity index (χ0) is 17.1. The zero-order valence-corrected chi connectivity index (χ0v) is 13.7. The van der Waals surface area contributed by atoms with Gasteiger partial charge in [0.05, 0.1) is 12.2 Å². The Morgan fingerprint density at radius 3 is 2.79 bits per heavy atom.